The van der Waals surface area contributed by atoms with Crippen LogP contribution in [0.15, 0.2) is 36.4 Å². The first kappa shape index (κ1) is 8.91. The Hall–Kier alpha value is -2.36. The number of ether oxygens (including phenoxy) is 1. The third-order valence-corrected chi connectivity index (χ3v) is 2.51. The molecule has 1 heterocycles. The first-order valence-corrected chi connectivity index (χ1v) is 4.90. The normalized spacial score (nSPS) is 12.0. The highest BCUT2D eigenvalue weighted by Crippen LogP contribution is 2.44. The largest absolute Gasteiger partial charge is 0.506 e. The van der Waals surface area contributed by atoms with Crippen LogP contribution in [-0.2, 0) is 0 Å². The average molecular weight is 214 g/mol. The van der Waals surface area contributed by atoms with Crippen molar-refractivity contribution in [3.63, 3.8) is 0 Å². The van der Waals surface area contributed by atoms with E-state index in [0.717, 1.165) is 11.4 Å². The highest BCUT2D eigenvalue weighted by Gasteiger charge is 2.17. The Morgan fingerprint density at radius 1 is 1.06 bits per heavy atom. The molecule has 0 unspecified atom stereocenters. The summed E-state index contributed by atoms with van der Waals surface area (Å²) in [4.78, 5) is 0. The molecule has 3 rings (SSSR count). The fourth-order valence-electron chi connectivity index (χ4n) is 1.69. The summed E-state index contributed by atoms with van der Waals surface area (Å²) in [6.07, 6.45) is 0. The van der Waals surface area contributed by atoms with E-state index < -0.39 is 0 Å². The molecular weight excluding hydrogens is 204 g/mol. The first-order valence-electron chi connectivity index (χ1n) is 4.90. The summed E-state index contributed by atoms with van der Waals surface area (Å²) in [6, 6.07) is 10.8. The Bertz CT molecular complexity index is 517. The second-order valence-corrected chi connectivity index (χ2v) is 3.63. The van der Waals surface area contributed by atoms with Gasteiger partial charge in [-0.05, 0) is 12.1 Å². The summed E-state index contributed by atoms with van der Waals surface area (Å²) in [5.41, 5.74) is 7.50. The minimum absolute atomic E-state index is 0.0502. The molecule has 80 valence electrons. The van der Waals surface area contributed by atoms with Gasteiger partial charge in [-0.2, -0.15) is 0 Å². The van der Waals surface area contributed by atoms with Gasteiger partial charge in [0.25, 0.3) is 0 Å². The van der Waals surface area contributed by atoms with Crippen LogP contribution < -0.4 is 15.8 Å². The van der Waals surface area contributed by atoms with E-state index in [0.29, 0.717) is 17.1 Å². The summed E-state index contributed by atoms with van der Waals surface area (Å²) in [6.45, 7) is 0. The van der Waals surface area contributed by atoms with Crippen LogP contribution in [-0.4, -0.2) is 5.11 Å². The number of phenolic OH excluding ortho intramolecular Hbond substituents is 1. The predicted octanol–water partition coefficient (Wildman–Crippen LogP) is 2.82. The Morgan fingerprint density at radius 3 is 2.75 bits per heavy atom. The summed E-state index contributed by atoms with van der Waals surface area (Å²) < 4.78 is 5.66. The van der Waals surface area contributed by atoms with Gasteiger partial charge in [0.15, 0.2) is 11.5 Å². The van der Waals surface area contributed by atoms with Crippen molar-refractivity contribution in [1.29, 1.82) is 0 Å². The van der Waals surface area contributed by atoms with Crippen molar-refractivity contribution in [2.45, 2.75) is 0 Å². The Balaban J connectivity index is 2.12. The van der Waals surface area contributed by atoms with Crippen molar-refractivity contribution < 1.29 is 9.84 Å². The minimum Gasteiger partial charge on any atom is -0.506 e. The number of benzene rings is 2. The molecule has 2 aromatic rings. The topological polar surface area (TPSA) is 67.5 Å². The predicted molar refractivity (Wildman–Crippen MR) is 62.3 cm³/mol. The lowest BCUT2D eigenvalue weighted by atomic mass is 10.2. The lowest BCUT2D eigenvalue weighted by Gasteiger charge is -2.22. The van der Waals surface area contributed by atoms with Crippen LogP contribution in [0.25, 0.3) is 0 Å². The molecule has 4 nitrogen and oxygen atoms in total. The van der Waals surface area contributed by atoms with Crippen LogP contribution in [0.5, 0.6) is 17.2 Å². The summed E-state index contributed by atoms with van der Waals surface area (Å²) in [5, 5.41) is 12.7. The Kier molecular flexibility index (Phi) is 1.71. The lowest BCUT2D eigenvalue weighted by Crippen LogP contribution is -2.03. The quantitative estimate of drug-likeness (QED) is 0.397. The number of phenols is 1. The van der Waals surface area contributed by atoms with E-state index in [9.17, 15) is 5.11 Å². The zero-order valence-electron chi connectivity index (χ0n) is 8.40. The molecule has 0 aromatic heterocycles. The van der Waals surface area contributed by atoms with Gasteiger partial charge >= 0.3 is 0 Å². The number of rotatable bonds is 0. The van der Waals surface area contributed by atoms with Crippen LogP contribution in [0.4, 0.5) is 17.1 Å². The molecular formula is C12H10N2O2. The molecule has 0 amide bonds. The van der Waals surface area contributed by atoms with Gasteiger partial charge in [0, 0.05) is 12.1 Å². The number of nitrogens with two attached hydrogens (primary N) is 1. The zero-order chi connectivity index (χ0) is 11.1. The number of aromatic hydroxyl groups is 1. The van der Waals surface area contributed by atoms with Crippen molar-refractivity contribution in [2.24, 2.45) is 0 Å². The van der Waals surface area contributed by atoms with Gasteiger partial charge in [-0.1, -0.05) is 12.1 Å². The fourth-order valence-corrected chi connectivity index (χ4v) is 1.69. The molecule has 4 heteroatoms. The van der Waals surface area contributed by atoms with Crippen molar-refractivity contribution in [1.82, 2.24) is 0 Å². The van der Waals surface area contributed by atoms with Crippen molar-refractivity contribution in [3.8, 4) is 17.2 Å². The van der Waals surface area contributed by atoms with E-state index in [2.05, 4.69) is 5.32 Å². The van der Waals surface area contributed by atoms with Crippen LogP contribution in [0.3, 0.4) is 0 Å². The van der Waals surface area contributed by atoms with Crippen molar-refractivity contribution in [3.05, 3.63) is 36.4 Å². The van der Waals surface area contributed by atoms with E-state index in [1.165, 1.54) is 0 Å². The van der Waals surface area contributed by atoms with Crippen molar-refractivity contribution in [2.75, 3.05) is 11.1 Å². The molecule has 0 saturated carbocycles. The van der Waals surface area contributed by atoms with Crippen LogP contribution in [0, 0.1) is 0 Å². The maximum Gasteiger partial charge on any atom is 0.153 e. The number of hydrogen-bond acceptors (Lipinski definition) is 4. The average Bonchev–Trinajstić information content (AvgIpc) is 2.28. The zero-order valence-corrected chi connectivity index (χ0v) is 8.40. The molecule has 1 aliphatic heterocycles. The fraction of sp³-hybridized carbons (Fsp3) is 0. The van der Waals surface area contributed by atoms with Gasteiger partial charge in [-0.3, -0.25) is 0 Å². The van der Waals surface area contributed by atoms with Gasteiger partial charge in [0.1, 0.15) is 5.75 Å². The van der Waals surface area contributed by atoms with Crippen molar-refractivity contribution >= 4 is 17.1 Å². The molecule has 4 N–H and O–H groups in total. The molecule has 16 heavy (non-hydrogen) atoms. The smallest absolute Gasteiger partial charge is 0.153 e. The second kappa shape index (κ2) is 3.06. The summed E-state index contributed by atoms with van der Waals surface area (Å²) >= 11 is 0. The highest BCUT2D eigenvalue weighted by molar-refractivity contribution is 5.79. The summed E-state index contributed by atoms with van der Waals surface area (Å²) in [5.74, 6) is 1.42. The number of nitrogen functional groups attached to an aromatic ring is 1. The number of fused-ring (bicyclic) bond motifs is 2. The summed E-state index contributed by atoms with van der Waals surface area (Å²) in [7, 11) is 0. The molecule has 0 saturated heterocycles. The van der Waals surface area contributed by atoms with Crippen LogP contribution in [0.2, 0.25) is 0 Å². The number of nitrogens with one attached hydrogen (secondary N) is 1. The second-order valence-electron chi connectivity index (χ2n) is 3.63. The monoisotopic (exact) mass is 214 g/mol. The number of hydrogen-bond donors (Lipinski definition) is 3. The van der Waals surface area contributed by atoms with E-state index in [1.807, 2.05) is 24.3 Å². The molecule has 0 bridgehead atoms. The van der Waals surface area contributed by atoms with Gasteiger partial charge in [0.2, 0.25) is 0 Å². The van der Waals surface area contributed by atoms with Gasteiger partial charge < -0.3 is 20.9 Å². The van der Waals surface area contributed by atoms with E-state index in [-0.39, 0.29) is 5.75 Å². The molecule has 0 fully saturated rings. The van der Waals surface area contributed by atoms with Gasteiger partial charge in [-0.25, -0.2) is 0 Å². The molecule has 0 aliphatic carbocycles. The Labute approximate surface area is 92.3 Å². The maximum absolute atomic E-state index is 9.50. The molecule has 2 aromatic carbocycles. The number of anilines is 3. The van der Waals surface area contributed by atoms with E-state index in [4.69, 9.17) is 10.5 Å². The SMILES string of the molecule is Nc1cc2c(cc1O)Nc1ccccc1O2. The van der Waals surface area contributed by atoms with E-state index in [1.54, 1.807) is 12.1 Å². The maximum atomic E-state index is 9.50. The third-order valence-electron chi connectivity index (χ3n) is 2.51. The van der Waals surface area contributed by atoms with Gasteiger partial charge in [0.05, 0.1) is 17.1 Å². The molecule has 1 aliphatic rings. The highest BCUT2D eigenvalue weighted by atomic mass is 16.5. The lowest BCUT2D eigenvalue weighted by molar-refractivity contribution is 0.466. The molecule has 0 spiro atoms. The van der Waals surface area contributed by atoms with Crippen LogP contribution >= 0.6 is 0 Å². The van der Waals surface area contributed by atoms with Crippen LogP contribution in [0.1, 0.15) is 0 Å². The first-order chi connectivity index (χ1) is 7.74. The molecule has 0 atom stereocenters. The minimum atomic E-state index is 0.0502. The Morgan fingerprint density at radius 2 is 1.88 bits per heavy atom. The standard InChI is InChI=1S/C12H10N2O2/c13-7-5-12-9(6-10(7)15)14-8-3-1-2-4-11(8)16-12/h1-6,14-15H,13H2. The van der Waals surface area contributed by atoms with Gasteiger partial charge in [-0.15, -0.1) is 0 Å². The molecule has 0 radical (unpaired) electrons. The third kappa shape index (κ3) is 1.24. The van der Waals surface area contributed by atoms with E-state index >= 15 is 0 Å². The number of para-hydroxylation sites is 2.